The first-order valence-electron chi connectivity index (χ1n) is 6.10. The lowest BCUT2D eigenvalue weighted by atomic mass is 10.2. The molecule has 0 aliphatic rings. The van der Waals surface area contributed by atoms with Crippen LogP contribution in [0.1, 0.15) is 11.9 Å². The number of aliphatic hydroxyl groups is 1. The largest absolute Gasteiger partial charge is 0.467 e. The van der Waals surface area contributed by atoms with Gasteiger partial charge in [-0.1, -0.05) is 6.07 Å². The van der Waals surface area contributed by atoms with E-state index in [2.05, 4.69) is 15.3 Å². The molecule has 5 nitrogen and oxygen atoms in total. The number of halogens is 1. The maximum atomic E-state index is 13.8. The maximum Gasteiger partial charge on any atom is 0.140 e. The molecule has 0 spiro atoms. The molecule has 6 heteroatoms. The Balaban J connectivity index is 1.84. The number of fused-ring (bicyclic) bond motifs is 1. The van der Waals surface area contributed by atoms with Gasteiger partial charge >= 0.3 is 0 Å². The van der Waals surface area contributed by atoms with Crippen molar-refractivity contribution in [3.63, 3.8) is 0 Å². The molecule has 0 amide bonds. The van der Waals surface area contributed by atoms with E-state index in [1.54, 1.807) is 24.3 Å². The van der Waals surface area contributed by atoms with Crippen LogP contribution in [0.5, 0.6) is 0 Å². The monoisotopic (exact) mass is 273 g/mol. The minimum absolute atomic E-state index is 0.161. The van der Waals surface area contributed by atoms with Crippen molar-refractivity contribution in [3.8, 4) is 0 Å². The van der Waals surface area contributed by atoms with E-state index >= 15 is 0 Å². The zero-order chi connectivity index (χ0) is 13.9. The van der Waals surface area contributed by atoms with Crippen LogP contribution in [-0.4, -0.2) is 21.6 Å². The third kappa shape index (κ3) is 2.33. The molecule has 3 aromatic rings. The van der Waals surface area contributed by atoms with Crippen molar-refractivity contribution < 1.29 is 13.9 Å². The lowest BCUT2D eigenvalue weighted by molar-refractivity contribution is 0.162. The van der Waals surface area contributed by atoms with Gasteiger partial charge in [0.25, 0.3) is 0 Å². The zero-order valence-corrected chi connectivity index (χ0v) is 10.5. The van der Waals surface area contributed by atoms with Crippen LogP contribution < -0.4 is 5.32 Å². The minimum atomic E-state index is -0.832. The number of hydrogen-bond donors (Lipinski definition) is 2. The lowest BCUT2D eigenvalue weighted by Crippen LogP contribution is -2.13. The van der Waals surface area contributed by atoms with Crippen LogP contribution >= 0.6 is 0 Å². The summed E-state index contributed by atoms with van der Waals surface area (Å²) in [6.45, 7) is 0.161. The van der Waals surface area contributed by atoms with Crippen LogP contribution in [0.3, 0.4) is 0 Å². The molecule has 1 aromatic carbocycles. The lowest BCUT2D eigenvalue weighted by Gasteiger charge is -2.11. The summed E-state index contributed by atoms with van der Waals surface area (Å²) in [4.78, 5) is 8.02. The van der Waals surface area contributed by atoms with E-state index in [1.165, 1.54) is 18.7 Å². The SMILES string of the molecule is OC(CNc1ncnc2cccc(F)c12)c1ccco1. The van der Waals surface area contributed by atoms with Gasteiger partial charge in [0.1, 0.15) is 29.8 Å². The molecule has 0 saturated carbocycles. The Bertz CT molecular complexity index is 710. The summed E-state index contributed by atoms with van der Waals surface area (Å²) in [7, 11) is 0. The van der Waals surface area contributed by atoms with Crippen molar-refractivity contribution in [3.05, 3.63) is 54.5 Å². The second-order valence-corrected chi connectivity index (χ2v) is 4.27. The van der Waals surface area contributed by atoms with Gasteiger partial charge < -0.3 is 14.8 Å². The summed E-state index contributed by atoms with van der Waals surface area (Å²) in [5, 5.41) is 13.1. The predicted octanol–water partition coefficient (Wildman–Crippen LogP) is 2.51. The van der Waals surface area contributed by atoms with Crippen LogP contribution in [0, 0.1) is 5.82 Å². The smallest absolute Gasteiger partial charge is 0.140 e. The quantitative estimate of drug-likeness (QED) is 0.764. The van der Waals surface area contributed by atoms with Crippen molar-refractivity contribution in [2.75, 3.05) is 11.9 Å². The molecule has 3 rings (SSSR count). The highest BCUT2D eigenvalue weighted by molar-refractivity contribution is 5.89. The molecular weight excluding hydrogens is 261 g/mol. The fourth-order valence-electron chi connectivity index (χ4n) is 1.98. The van der Waals surface area contributed by atoms with Gasteiger partial charge in [-0.25, -0.2) is 14.4 Å². The third-order valence-electron chi connectivity index (χ3n) is 2.95. The Hall–Kier alpha value is -2.47. The molecule has 2 aromatic heterocycles. The second kappa shape index (κ2) is 5.26. The van der Waals surface area contributed by atoms with Crippen LogP contribution in [-0.2, 0) is 0 Å². The number of aromatic nitrogens is 2. The van der Waals surface area contributed by atoms with Crippen molar-refractivity contribution in [1.82, 2.24) is 9.97 Å². The van der Waals surface area contributed by atoms with Crippen LogP contribution in [0.2, 0.25) is 0 Å². The van der Waals surface area contributed by atoms with E-state index in [9.17, 15) is 9.50 Å². The maximum absolute atomic E-state index is 13.8. The van der Waals surface area contributed by atoms with Crippen molar-refractivity contribution in [1.29, 1.82) is 0 Å². The van der Waals surface area contributed by atoms with Gasteiger partial charge in [0.05, 0.1) is 17.2 Å². The predicted molar refractivity (Wildman–Crippen MR) is 71.7 cm³/mol. The Morgan fingerprint density at radius 1 is 1.25 bits per heavy atom. The highest BCUT2D eigenvalue weighted by Crippen LogP contribution is 2.23. The molecule has 102 valence electrons. The highest BCUT2D eigenvalue weighted by atomic mass is 19.1. The Morgan fingerprint density at radius 3 is 2.95 bits per heavy atom. The van der Waals surface area contributed by atoms with Gasteiger partial charge in [-0.05, 0) is 24.3 Å². The van der Waals surface area contributed by atoms with Crippen molar-refractivity contribution in [2.24, 2.45) is 0 Å². The van der Waals surface area contributed by atoms with E-state index in [1.807, 2.05) is 0 Å². The first-order chi connectivity index (χ1) is 9.75. The summed E-state index contributed by atoms with van der Waals surface area (Å²) >= 11 is 0. The van der Waals surface area contributed by atoms with E-state index in [-0.39, 0.29) is 6.54 Å². The summed E-state index contributed by atoms with van der Waals surface area (Å²) in [6, 6.07) is 8.00. The van der Waals surface area contributed by atoms with Gasteiger partial charge in [-0.3, -0.25) is 0 Å². The van der Waals surface area contributed by atoms with Crippen molar-refractivity contribution >= 4 is 16.7 Å². The first kappa shape index (κ1) is 12.6. The van der Waals surface area contributed by atoms with Crippen molar-refractivity contribution in [2.45, 2.75) is 6.10 Å². The summed E-state index contributed by atoms with van der Waals surface area (Å²) < 4.78 is 18.9. The topological polar surface area (TPSA) is 71.2 Å². The Labute approximate surface area is 114 Å². The average Bonchev–Trinajstić information content (AvgIpc) is 2.99. The number of aliphatic hydroxyl groups excluding tert-OH is 1. The Morgan fingerprint density at radius 2 is 2.15 bits per heavy atom. The molecule has 0 aliphatic carbocycles. The molecule has 0 saturated heterocycles. The van der Waals surface area contributed by atoms with Gasteiger partial charge in [0.2, 0.25) is 0 Å². The molecule has 2 heterocycles. The van der Waals surface area contributed by atoms with Crippen LogP contribution in [0.25, 0.3) is 10.9 Å². The van der Waals surface area contributed by atoms with Gasteiger partial charge in [-0.2, -0.15) is 0 Å². The molecular formula is C14H12FN3O2. The first-order valence-corrected chi connectivity index (χ1v) is 6.10. The molecule has 0 bridgehead atoms. The second-order valence-electron chi connectivity index (χ2n) is 4.27. The Kier molecular flexibility index (Phi) is 3.30. The van der Waals surface area contributed by atoms with Gasteiger partial charge in [-0.15, -0.1) is 0 Å². The number of anilines is 1. The zero-order valence-electron chi connectivity index (χ0n) is 10.5. The van der Waals surface area contributed by atoms with E-state index < -0.39 is 11.9 Å². The number of rotatable bonds is 4. The fraction of sp³-hybridized carbons (Fsp3) is 0.143. The molecule has 20 heavy (non-hydrogen) atoms. The van der Waals surface area contributed by atoms with E-state index in [0.29, 0.717) is 22.5 Å². The number of nitrogens with zero attached hydrogens (tertiary/aromatic N) is 2. The highest BCUT2D eigenvalue weighted by Gasteiger charge is 2.13. The molecule has 0 aliphatic heterocycles. The standard InChI is InChI=1S/C14H12FN3O2/c15-9-3-1-4-10-13(9)14(18-8-17-10)16-7-11(19)12-5-2-6-20-12/h1-6,8,11,19H,7H2,(H,16,17,18). The normalized spacial score (nSPS) is 12.5. The molecule has 1 unspecified atom stereocenters. The van der Waals surface area contributed by atoms with Gasteiger partial charge in [0.15, 0.2) is 0 Å². The summed E-state index contributed by atoms with van der Waals surface area (Å²) in [6.07, 6.45) is 2.00. The fourth-order valence-corrected chi connectivity index (χ4v) is 1.98. The summed E-state index contributed by atoms with van der Waals surface area (Å²) in [5.41, 5.74) is 0.509. The molecule has 0 fully saturated rings. The van der Waals surface area contributed by atoms with E-state index in [0.717, 1.165) is 0 Å². The van der Waals surface area contributed by atoms with E-state index in [4.69, 9.17) is 4.42 Å². The number of nitrogens with one attached hydrogen (secondary N) is 1. The number of furan rings is 1. The summed E-state index contributed by atoms with van der Waals surface area (Å²) in [5.74, 6) is 0.383. The number of hydrogen-bond acceptors (Lipinski definition) is 5. The minimum Gasteiger partial charge on any atom is -0.467 e. The molecule has 2 N–H and O–H groups in total. The molecule has 0 radical (unpaired) electrons. The average molecular weight is 273 g/mol. The van der Waals surface area contributed by atoms with Crippen LogP contribution in [0.4, 0.5) is 10.2 Å². The third-order valence-corrected chi connectivity index (χ3v) is 2.95. The van der Waals surface area contributed by atoms with Crippen LogP contribution in [0.15, 0.2) is 47.3 Å². The molecule has 1 atom stereocenters. The van der Waals surface area contributed by atoms with Gasteiger partial charge in [0, 0.05) is 6.54 Å². The number of benzene rings is 1.